The number of rotatable bonds is 6. The molecule has 2 aliphatic heterocycles. The molecule has 1 unspecified atom stereocenters. The average molecular weight is 491 g/mol. The molecule has 1 amide bonds. The molecule has 0 N–H and O–H groups in total. The molecule has 0 bridgehead atoms. The molecule has 1 spiro atoms. The maximum absolute atomic E-state index is 13.1. The topological polar surface area (TPSA) is 89.3 Å². The predicted octanol–water partition coefficient (Wildman–Crippen LogP) is 3.59. The van der Waals surface area contributed by atoms with E-state index in [1.165, 1.54) is 18.4 Å². The first-order valence-corrected chi connectivity index (χ1v) is 12.2. The van der Waals surface area contributed by atoms with Crippen molar-refractivity contribution < 1.29 is 23.6 Å². The molecule has 2 aliphatic rings. The first-order valence-electron chi connectivity index (χ1n) is 12.2. The smallest absolute Gasteiger partial charge is 0.311 e. The van der Waals surface area contributed by atoms with Crippen molar-refractivity contribution in [2.45, 2.75) is 44.9 Å². The quantitative estimate of drug-likeness (QED) is 0.488. The number of hydroxylamine groups is 2. The van der Waals surface area contributed by atoms with Crippen molar-refractivity contribution in [3.05, 3.63) is 81.7 Å². The number of piperidine rings is 1. The SMILES string of the molecule is COC(=O)C1CC(=O)N(OCc2ccccc2)C12CCN(Cc1coc3ccc(C)cc3c1=O)CC2. The highest BCUT2D eigenvalue weighted by Crippen LogP contribution is 2.44. The fourth-order valence-corrected chi connectivity index (χ4v) is 5.48. The van der Waals surface area contributed by atoms with Crippen LogP contribution in [0.15, 0.2) is 64.0 Å². The average Bonchev–Trinajstić information content (AvgIpc) is 3.16. The van der Waals surface area contributed by atoms with Crippen LogP contribution in [0.2, 0.25) is 0 Å². The third-order valence-corrected chi connectivity index (χ3v) is 7.46. The van der Waals surface area contributed by atoms with Crippen molar-refractivity contribution in [3.63, 3.8) is 0 Å². The summed E-state index contributed by atoms with van der Waals surface area (Å²) >= 11 is 0. The number of aryl methyl sites for hydroxylation is 1. The van der Waals surface area contributed by atoms with Crippen molar-refractivity contribution in [3.8, 4) is 0 Å². The van der Waals surface area contributed by atoms with Gasteiger partial charge in [0, 0.05) is 31.6 Å². The third kappa shape index (κ3) is 4.42. The van der Waals surface area contributed by atoms with E-state index in [0.717, 1.165) is 11.1 Å². The number of hydrogen-bond donors (Lipinski definition) is 0. The summed E-state index contributed by atoms with van der Waals surface area (Å²) in [5.41, 5.74) is 2.30. The van der Waals surface area contributed by atoms with Crippen LogP contribution in [0.3, 0.4) is 0 Å². The number of benzene rings is 2. The van der Waals surface area contributed by atoms with Crippen LogP contribution < -0.4 is 5.43 Å². The fourth-order valence-electron chi connectivity index (χ4n) is 5.48. The molecule has 188 valence electrons. The van der Waals surface area contributed by atoms with Crippen molar-refractivity contribution in [2.75, 3.05) is 20.2 Å². The second kappa shape index (κ2) is 9.87. The van der Waals surface area contributed by atoms with E-state index in [9.17, 15) is 14.4 Å². The van der Waals surface area contributed by atoms with Crippen molar-refractivity contribution >= 4 is 22.8 Å². The van der Waals surface area contributed by atoms with Crippen LogP contribution in [0.25, 0.3) is 11.0 Å². The van der Waals surface area contributed by atoms with E-state index < -0.39 is 17.4 Å². The lowest BCUT2D eigenvalue weighted by Gasteiger charge is -2.45. The molecule has 8 nitrogen and oxygen atoms in total. The van der Waals surface area contributed by atoms with E-state index in [0.29, 0.717) is 49.0 Å². The summed E-state index contributed by atoms with van der Waals surface area (Å²) in [5.74, 6) is -1.20. The second-order valence-corrected chi connectivity index (χ2v) is 9.70. The van der Waals surface area contributed by atoms with Gasteiger partial charge in [0.2, 0.25) is 5.91 Å². The number of hydrogen-bond acceptors (Lipinski definition) is 7. The molecule has 36 heavy (non-hydrogen) atoms. The minimum atomic E-state index is -0.777. The summed E-state index contributed by atoms with van der Waals surface area (Å²) in [4.78, 5) is 47.0. The lowest BCUT2D eigenvalue weighted by atomic mass is 9.77. The van der Waals surface area contributed by atoms with E-state index in [1.807, 2.05) is 55.5 Å². The molecule has 0 saturated carbocycles. The molecular formula is C28H30N2O6. The zero-order valence-corrected chi connectivity index (χ0v) is 20.6. The van der Waals surface area contributed by atoms with Gasteiger partial charge in [-0.2, -0.15) is 0 Å². The Hall–Kier alpha value is -3.49. The summed E-state index contributed by atoms with van der Waals surface area (Å²) in [7, 11) is 1.35. The van der Waals surface area contributed by atoms with E-state index >= 15 is 0 Å². The van der Waals surface area contributed by atoms with Crippen LogP contribution in [0.1, 0.15) is 36.0 Å². The maximum atomic E-state index is 13.1. The van der Waals surface area contributed by atoms with Crippen LogP contribution in [-0.2, 0) is 32.3 Å². The summed E-state index contributed by atoms with van der Waals surface area (Å²) in [5, 5.41) is 2.01. The molecule has 1 atom stereocenters. The molecule has 8 heteroatoms. The maximum Gasteiger partial charge on any atom is 0.311 e. The highest BCUT2D eigenvalue weighted by atomic mass is 16.7. The molecule has 2 saturated heterocycles. The van der Waals surface area contributed by atoms with Gasteiger partial charge in [-0.3, -0.25) is 24.1 Å². The normalized spacial score (nSPS) is 19.8. The largest absolute Gasteiger partial charge is 0.469 e. The van der Waals surface area contributed by atoms with Gasteiger partial charge in [0.15, 0.2) is 5.43 Å². The highest BCUT2D eigenvalue weighted by molar-refractivity contribution is 5.88. The van der Waals surface area contributed by atoms with Crippen molar-refractivity contribution in [2.24, 2.45) is 5.92 Å². The monoisotopic (exact) mass is 490 g/mol. The highest BCUT2D eigenvalue weighted by Gasteiger charge is 2.58. The van der Waals surface area contributed by atoms with Gasteiger partial charge in [0.25, 0.3) is 0 Å². The fraction of sp³-hybridized carbons (Fsp3) is 0.393. The number of fused-ring (bicyclic) bond motifs is 1. The van der Waals surface area contributed by atoms with Gasteiger partial charge >= 0.3 is 5.97 Å². The van der Waals surface area contributed by atoms with E-state index in [2.05, 4.69) is 4.90 Å². The van der Waals surface area contributed by atoms with Crippen LogP contribution >= 0.6 is 0 Å². The van der Waals surface area contributed by atoms with Crippen LogP contribution in [0, 0.1) is 12.8 Å². The second-order valence-electron chi connectivity index (χ2n) is 9.70. The number of amides is 1. The molecule has 3 aromatic rings. The Kier molecular flexibility index (Phi) is 6.64. The van der Waals surface area contributed by atoms with Gasteiger partial charge in [0.1, 0.15) is 12.2 Å². The van der Waals surface area contributed by atoms with E-state index in [4.69, 9.17) is 14.0 Å². The van der Waals surface area contributed by atoms with Crippen LogP contribution in [-0.4, -0.2) is 47.6 Å². The van der Waals surface area contributed by atoms with Crippen LogP contribution in [0.5, 0.6) is 0 Å². The Labute approximate surface area is 209 Å². The Morgan fingerprint density at radius 1 is 1.11 bits per heavy atom. The number of esters is 1. The Balaban J connectivity index is 1.34. The first kappa shape index (κ1) is 24.2. The Morgan fingerprint density at radius 3 is 2.58 bits per heavy atom. The Morgan fingerprint density at radius 2 is 1.86 bits per heavy atom. The molecule has 5 rings (SSSR count). The zero-order chi connectivity index (χ0) is 25.3. The number of ether oxygens (including phenoxy) is 1. The minimum Gasteiger partial charge on any atom is -0.469 e. The molecule has 2 fully saturated rings. The third-order valence-electron chi connectivity index (χ3n) is 7.46. The summed E-state index contributed by atoms with van der Waals surface area (Å²) in [6, 6.07) is 15.2. The number of likely N-dealkylation sites (tertiary alicyclic amines) is 1. The molecule has 0 radical (unpaired) electrons. The zero-order valence-electron chi connectivity index (χ0n) is 20.6. The first-order chi connectivity index (χ1) is 17.4. The lowest BCUT2D eigenvalue weighted by Crippen LogP contribution is -2.57. The van der Waals surface area contributed by atoms with Gasteiger partial charge in [-0.1, -0.05) is 42.0 Å². The number of methoxy groups -OCH3 is 1. The minimum absolute atomic E-state index is 0.0310. The molecular weight excluding hydrogens is 460 g/mol. The molecule has 3 heterocycles. The van der Waals surface area contributed by atoms with Gasteiger partial charge in [-0.05, 0) is 37.5 Å². The van der Waals surface area contributed by atoms with E-state index in [1.54, 1.807) is 0 Å². The van der Waals surface area contributed by atoms with Gasteiger partial charge in [-0.15, -0.1) is 0 Å². The van der Waals surface area contributed by atoms with Gasteiger partial charge < -0.3 is 9.15 Å². The standard InChI is InChI=1S/C28H30N2O6/c1-19-8-9-24-22(14-19)26(32)21(18-35-24)16-29-12-10-28(11-13-29)23(27(33)34-2)15-25(31)30(28)36-17-20-6-4-3-5-7-20/h3-9,14,18,23H,10-13,15-17H2,1-2H3. The van der Waals surface area contributed by atoms with Crippen molar-refractivity contribution in [1.29, 1.82) is 0 Å². The number of carbonyl (C=O) groups excluding carboxylic acids is 2. The summed E-state index contributed by atoms with van der Waals surface area (Å²) in [6.45, 7) is 3.81. The van der Waals surface area contributed by atoms with Crippen molar-refractivity contribution in [1.82, 2.24) is 9.96 Å². The van der Waals surface area contributed by atoms with Gasteiger partial charge in [0.05, 0.1) is 30.2 Å². The van der Waals surface area contributed by atoms with Gasteiger partial charge in [-0.25, -0.2) is 5.06 Å². The molecule has 1 aromatic heterocycles. The number of carbonyl (C=O) groups is 2. The summed E-state index contributed by atoms with van der Waals surface area (Å²) < 4.78 is 10.8. The lowest BCUT2D eigenvalue weighted by molar-refractivity contribution is -0.229. The van der Waals surface area contributed by atoms with E-state index in [-0.39, 0.29) is 24.4 Å². The molecule has 0 aliphatic carbocycles. The Bertz CT molecular complexity index is 1330. The molecule has 2 aromatic carbocycles. The predicted molar refractivity (Wildman–Crippen MR) is 133 cm³/mol. The number of nitrogens with zero attached hydrogens (tertiary/aromatic N) is 2. The van der Waals surface area contributed by atoms with Crippen LogP contribution in [0.4, 0.5) is 0 Å². The summed E-state index contributed by atoms with van der Waals surface area (Å²) in [6.07, 6.45) is 2.67.